The minimum atomic E-state index is -3.63. The molecular weight excluding hydrogens is 312 g/mol. The number of ketones is 1. The van der Waals surface area contributed by atoms with Gasteiger partial charge in [-0.2, -0.15) is 9.57 Å². The van der Waals surface area contributed by atoms with Gasteiger partial charge in [0.15, 0.2) is 0 Å². The molecule has 0 saturated carbocycles. The zero-order chi connectivity index (χ0) is 15.6. The van der Waals surface area contributed by atoms with E-state index in [0.29, 0.717) is 25.9 Å². The number of piperidine rings is 1. The van der Waals surface area contributed by atoms with E-state index >= 15 is 0 Å². The summed E-state index contributed by atoms with van der Waals surface area (Å²) >= 11 is 5.89. The van der Waals surface area contributed by atoms with E-state index in [2.05, 4.69) is 0 Å². The van der Waals surface area contributed by atoms with Crippen LogP contribution in [0.25, 0.3) is 0 Å². The average Bonchev–Trinajstić information content (AvgIpc) is 2.47. The van der Waals surface area contributed by atoms with Crippen molar-refractivity contribution in [1.29, 1.82) is 5.26 Å². The molecule has 1 aromatic carbocycles. The van der Waals surface area contributed by atoms with Crippen LogP contribution in [0.4, 0.5) is 0 Å². The van der Waals surface area contributed by atoms with Gasteiger partial charge in [-0.3, -0.25) is 4.79 Å². The molecule has 1 aromatic rings. The molecule has 21 heavy (non-hydrogen) atoms. The Bertz CT molecular complexity index is 701. The van der Waals surface area contributed by atoms with Crippen LogP contribution in [-0.4, -0.2) is 31.6 Å². The normalized spacial score (nSPS) is 17.4. The Labute approximate surface area is 129 Å². The molecule has 0 aliphatic carbocycles. The fraction of sp³-hybridized carbons (Fsp3) is 0.429. The van der Waals surface area contributed by atoms with E-state index in [4.69, 9.17) is 16.9 Å². The highest BCUT2D eigenvalue weighted by atomic mass is 35.5. The van der Waals surface area contributed by atoms with Crippen LogP contribution in [0.5, 0.6) is 0 Å². The summed E-state index contributed by atoms with van der Waals surface area (Å²) in [4.78, 5) is 11.4. The summed E-state index contributed by atoms with van der Waals surface area (Å²) < 4.78 is 26.4. The zero-order valence-electron chi connectivity index (χ0n) is 11.5. The maximum absolute atomic E-state index is 12.5. The first kappa shape index (κ1) is 16.0. The van der Waals surface area contributed by atoms with Gasteiger partial charge >= 0.3 is 0 Å². The minimum Gasteiger partial charge on any atom is -0.300 e. The molecule has 7 heteroatoms. The van der Waals surface area contributed by atoms with Crippen molar-refractivity contribution in [2.75, 3.05) is 13.1 Å². The SMILES string of the molecule is CC(=O)C1CCN(S(=O)(=O)c2ccc(C#N)c(Cl)c2)CC1. The number of hydrogen-bond donors (Lipinski definition) is 0. The number of carbonyl (C=O) groups excluding carboxylic acids is 1. The maximum atomic E-state index is 12.5. The topological polar surface area (TPSA) is 78.2 Å². The highest BCUT2D eigenvalue weighted by Gasteiger charge is 2.31. The Balaban J connectivity index is 2.22. The summed E-state index contributed by atoms with van der Waals surface area (Å²) in [5.74, 6) is 0.0504. The monoisotopic (exact) mass is 326 g/mol. The van der Waals surface area contributed by atoms with Gasteiger partial charge in [-0.05, 0) is 38.0 Å². The molecule has 5 nitrogen and oxygen atoms in total. The Hall–Kier alpha value is -1.42. The molecule has 112 valence electrons. The van der Waals surface area contributed by atoms with Gasteiger partial charge < -0.3 is 0 Å². The molecule has 0 bridgehead atoms. The molecular formula is C14H15ClN2O3S. The van der Waals surface area contributed by atoms with E-state index in [9.17, 15) is 13.2 Å². The first-order chi connectivity index (χ1) is 9.86. The third kappa shape index (κ3) is 3.26. The summed E-state index contributed by atoms with van der Waals surface area (Å²) in [6.45, 7) is 2.18. The lowest BCUT2D eigenvalue weighted by Crippen LogP contribution is -2.39. The van der Waals surface area contributed by atoms with Crippen LogP contribution in [0.1, 0.15) is 25.3 Å². The second-order valence-electron chi connectivity index (χ2n) is 5.04. The number of halogens is 1. The van der Waals surface area contributed by atoms with Gasteiger partial charge in [0.2, 0.25) is 10.0 Å². The summed E-state index contributed by atoms with van der Waals surface area (Å²) in [5.41, 5.74) is 0.242. The first-order valence-corrected chi connectivity index (χ1v) is 8.38. The molecule has 0 amide bonds. The lowest BCUT2D eigenvalue weighted by molar-refractivity contribution is -0.121. The second-order valence-corrected chi connectivity index (χ2v) is 7.39. The second kappa shape index (κ2) is 6.14. The van der Waals surface area contributed by atoms with E-state index in [1.807, 2.05) is 6.07 Å². The predicted octanol–water partition coefficient (Wildman–Crippen LogP) is 2.20. The molecule has 1 saturated heterocycles. The molecule has 0 atom stereocenters. The number of nitriles is 1. The molecule has 0 N–H and O–H groups in total. The van der Waals surface area contributed by atoms with Crippen LogP contribution < -0.4 is 0 Å². The van der Waals surface area contributed by atoms with Crippen molar-refractivity contribution in [3.05, 3.63) is 28.8 Å². The minimum absolute atomic E-state index is 0.0546. The van der Waals surface area contributed by atoms with Gasteiger partial charge in [0.05, 0.1) is 15.5 Å². The van der Waals surface area contributed by atoms with Crippen LogP contribution in [0, 0.1) is 17.2 Å². The summed E-state index contributed by atoms with van der Waals surface area (Å²) in [5, 5.41) is 8.94. The molecule has 0 unspecified atom stereocenters. The number of sulfonamides is 1. The van der Waals surface area contributed by atoms with Crippen molar-refractivity contribution in [2.24, 2.45) is 5.92 Å². The number of hydrogen-bond acceptors (Lipinski definition) is 4. The van der Waals surface area contributed by atoms with Crippen molar-refractivity contribution < 1.29 is 13.2 Å². The largest absolute Gasteiger partial charge is 0.300 e. The van der Waals surface area contributed by atoms with E-state index in [-0.39, 0.29) is 27.2 Å². The molecule has 0 spiro atoms. The van der Waals surface area contributed by atoms with E-state index in [1.54, 1.807) is 0 Å². The van der Waals surface area contributed by atoms with Crippen molar-refractivity contribution in [1.82, 2.24) is 4.31 Å². The highest BCUT2D eigenvalue weighted by Crippen LogP contribution is 2.26. The smallest absolute Gasteiger partial charge is 0.243 e. The van der Waals surface area contributed by atoms with Crippen LogP contribution in [-0.2, 0) is 14.8 Å². The lowest BCUT2D eigenvalue weighted by Gasteiger charge is -2.30. The Morgan fingerprint density at radius 2 is 2.00 bits per heavy atom. The van der Waals surface area contributed by atoms with Crippen molar-refractivity contribution >= 4 is 27.4 Å². The van der Waals surface area contributed by atoms with Crippen molar-refractivity contribution in [2.45, 2.75) is 24.7 Å². The number of rotatable bonds is 3. The third-order valence-corrected chi connectivity index (χ3v) is 5.93. The van der Waals surface area contributed by atoms with Gasteiger partial charge in [-0.1, -0.05) is 11.6 Å². The van der Waals surface area contributed by atoms with Gasteiger partial charge in [-0.15, -0.1) is 0 Å². The maximum Gasteiger partial charge on any atom is 0.243 e. The third-order valence-electron chi connectivity index (χ3n) is 3.73. The Kier molecular flexibility index (Phi) is 4.67. The van der Waals surface area contributed by atoms with Gasteiger partial charge in [0.1, 0.15) is 11.9 Å². The molecule has 1 heterocycles. The first-order valence-electron chi connectivity index (χ1n) is 6.56. The number of benzene rings is 1. The summed E-state index contributed by atoms with van der Waals surface area (Å²) in [7, 11) is -3.63. The average molecular weight is 327 g/mol. The summed E-state index contributed by atoms with van der Waals surface area (Å²) in [6, 6.07) is 5.98. The van der Waals surface area contributed by atoms with Crippen LogP contribution in [0.3, 0.4) is 0 Å². The molecule has 0 radical (unpaired) electrons. The molecule has 1 aliphatic rings. The Morgan fingerprint density at radius 1 is 1.38 bits per heavy atom. The van der Waals surface area contributed by atoms with E-state index in [1.165, 1.54) is 29.4 Å². The van der Waals surface area contributed by atoms with Crippen LogP contribution >= 0.6 is 11.6 Å². The van der Waals surface area contributed by atoms with Gasteiger partial charge in [-0.25, -0.2) is 8.42 Å². The van der Waals surface area contributed by atoms with Gasteiger partial charge in [0, 0.05) is 19.0 Å². The number of nitrogens with zero attached hydrogens (tertiary/aromatic N) is 2. The fourth-order valence-electron chi connectivity index (χ4n) is 2.40. The highest BCUT2D eigenvalue weighted by molar-refractivity contribution is 7.89. The van der Waals surface area contributed by atoms with E-state index in [0.717, 1.165) is 0 Å². The lowest BCUT2D eigenvalue weighted by atomic mass is 9.95. The van der Waals surface area contributed by atoms with Crippen LogP contribution in [0.15, 0.2) is 23.1 Å². The predicted molar refractivity (Wildman–Crippen MR) is 78.3 cm³/mol. The number of carbonyl (C=O) groups is 1. The quantitative estimate of drug-likeness (QED) is 0.853. The molecule has 0 aromatic heterocycles. The Morgan fingerprint density at radius 3 is 2.48 bits per heavy atom. The van der Waals surface area contributed by atoms with Crippen LogP contribution in [0.2, 0.25) is 5.02 Å². The fourth-order valence-corrected chi connectivity index (χ4v) is 4.18. The molecule has 1 fully saturated rings. The van der Waals surface area contributed by atoms with E-state index < -0.39 is 10.0 Å². The van der Waals surface area contributed by atoms with Crippen molar-refractivity contribution in [3.63, 3.8) is 0 Å². The van der Waals surface area contributed by atoms with Crippen molar-refractivity contribution in [3.8, 4) is 6.07 Å². The number of Topliss-reactive ketones (excluding diaryl/α,β-unsaturated/α-hetero) is 1. The summed E-state index contributed by atoms with van der Waals surface area (Å²) in [6.07, 6.45) is 1.08. The van der Waals surface area contributed by atoms with Gasteiger partial charge in [0.25, 0.3) is 0 Å². The zero-order valence-corrected chi connectivity index (χ0v) is 13.1. The molecule has 2 rings (SSSR count). The standard InChI is InChI=1S/C14H15ClN2O3S/c1-10(18)11-4-6-17(7-5-11)21(19,20)13-3-2-12(9-16)14(15)8-13/h2-3,8,11H,4-7H2,1H3. The molecule has 1 aliphatic heterocycles.